The molecular weight excluding hydrogens is 234 g/mol. The molecule has 100 valence electrons. The predicted molar refractivity (Wildman–Crippen MR) is 65.7 cm³/mol. The summed E-state index contributed by atoms with van der Waals surface area (Å²) in [5, 5.41) is 18.3. The number of H-pyrrole nitrogens is 1. The molecule has 3 N–H and O–H groups in total. The van der Waals surface area contributed by atoms with Crippen molar-refractivity contribution in [3.63, 3.8) is 0 Å². The van der Waals surface area contributed by atoms with E-state index in [1.165, 1.54) is 0 Å². The van der Waals surface area contributed by atoms with Gasteiger partial charge in [0.05, 0.1) is 11.6 Å². The average Bonchev–Trinajstić information content (AvgIpc) is 2.86. The number of hydrogen-bond acceptors (Lipinski definition) is 3. The highest BCUT2D eigenvalue weighted by Gasteiger charge is 2.36. The van der Waals surface area contributed by atoms with Crippen molar-refractivity contribution in [3.05, 3.63) is 18.0 Å². The molecule has 0 fully saturated rings. The molecule has 1 amide bonds. The fourth-order valence-electron chi connectivity index (χ4n) is 1.82. The number of aliphatic carboxylic acids is 1. The first-order valence-electron chi connectivity index (χ1n) is 6.02. The Kier molecular flexibility index (Phi) is 4.88. The number of amides is 1. The molecule has 0 spiro atoms. The first-order chi connectivity index (χ1) is 8.54. The Morgan fingerprint density at radius 2 is 2.11 bits per heavy atom. The van der Waals surface area contributed by atoms with E-state index >= 15 is 0 Å². The zero-order valence-electron chi connectivity index (χ0n) is 10.7. The number of hydrogen-bond donors (Lipinski definition) is 3. The average molecular weight is 253 g/mol. The van der Waals surface area contributed by atoms with E-state index < -0.39 is 11.4 Å². The maximum atomic E-state index is 11.8. The summed E-state index contributed by atoms with van der Waals surface area (Å²) in [6.45, 7) is 3.94. The lowest BCUT2D eigenvalue weighted by molar-refractivity contribution is -0.152. The van der Waals surface area contributed by atoms with Crippen LogP contribution in [0.3, 0.4) is 0 Å². The number of nitrogens with one attached hydrogen (secondary N) is 2. The van der Waals surface area contributed by atoms with Gasteiger partial charge in [-0.15, -0.1) is 0 Å². The summed E-state index contributed by atoms with van der Waals surface area (Å²) in [5.74, 6) is -1.16. The highest BCUT2D eigenvalue weighted by atomic mass is 16.4. The SMILES string of the molecule is CCC(CC)(CC(=O)NCc1cn[nH]c1)C(=O)O. The molecule has 0 saturated heterocycles. The molecule has 1 rings (SSSR count). The van der Waals surface area contributed by atoms with E-state index in [9.17, 15) is 14.7 Å². The summed E-state index contributed by atoms with van der Waals surface area (Å²) in [6, 6.07) is 0. The molecule has 1 aromatic heterocycles. The molecule has 0 aliphatic carbocycles. The fourth-order valence-corrected chi connectivity index (χ4v) is 1.82. The number of carbonyl (C=O) groups is 2. The molecule has 0 saturated carbocycles. The van der Waals surface area contributed by atoms with Gasteiger partial charge < -0.3 is 10.4 Å². The second-order valence-corrected chi connectivity index (χ2v) is 4.35. The molecule has 6 heteroatoms. The van der Waals surface area contributed by atoms with Gasteiger partial charge in [0, 0.05) is 24.7 Å². The van der Waals surface area contributed by atoms with E-state index in [1.807, 2.05) is 0 Å². The van der Waals surface area contributed by atoms with Gasteiger partial charge in [-0.25, -0.2) is 0 Å². The van der Waals surface area contributed by atoms with Gasteiger partial charge in [0.1, 0.15) is 0 Å². The number of rotatable bonds is 7. The van der Waals surface area contributed by atoms with E-state index in [0.717, 1.165) is 5.56 Å². The van der Waals surface area contributed by atoms with Gasteiger partial charge in [-0.3, -0.25) is 14.7 Å². The molecule has 1 heterocycles. The quantitative estimate of drug-likeness (QED) is 0.682. The minimum absolute atomic E-state index is 0.00713. The molecule has 0 aromatic carbocycles. The van der Waals surface area contributed by atoms with Crippen molar-refractivity contribution in [2.24, 2.45) is 5.41 Å². The third-order valence-electron chi connectivity index (χ3n) is 3.35. The molecule has 0 bridgehead atoms. The minimum atomic E-state index is -0.958. The van der Waals surface area contributed by atoms with Crippen molar-refractivity contribution < 1.29 is 14.7 Å². The summed E-state index contributed by atoms with van der Waals surface area (Å²) >= 11 is 0. The van der Waals surface area contributed by atoms with Crippen LogP contribution in [0.2, 0.25) is 0 Å². The van der Waals surface area contributed by atoms with Crippen LogP contribution in [-0.4, -0.2) is 27.2 Å². The number of aromatic amines is 1. The zero-order chi connectivity index (χ0) is 13.6. The minimum Gasteiger partial charge on any atom is -0.481 e. The predicted octanol–water partition coefficient (Wildman–Crippen LogP) is 1.31. The normalized spacial score (nSPS) is 11.2. The number of carboxylic acid groups (broad SMARTS) is 1. The molecule has 6 nitrogen and oxygen atoms in total. The fraction of sp³-hybridized carbons (Fsp3) is 0.583. The van der Waals surface area contributed by atoms with Gasteiger partial charge in [-0.1, -0.05) is 13.8 Å². The maximum Gasteiger partial charge on any atom is 0.310 e. The third kappa shape index (κ3) is 3.32. The number of carbonyl (C=O) groups excluding carboxylic acids is 1. The van der Waals surface area contributed by atoms with Crippen LogP contribution < -0.4 is 5.32 Å². The lowest BCUT2D eigenvalue weighted by Crippen LogP contribution is -2.36. The van der Waals surface area contributed by atoms with Crippen LogP contribution in [0.25, 0.3) is 0 Å². The lowest BCUT2D eigenvalue weighted by atomic mass is 9.79. The van der Waals surface area contributed by atoms with Crippen LogP contribution in [0.4, 0.5) is 0 Å². The Hall–Kier alpha value is -1.85. The van der Waals surface area contributed by atoms with E-state index in [1.54, 1.807) is 26.2 Å². The Labute approximate surface area is 106 Å². The van der Waals surface area contributed by atoms with Crippen LogP contribution >= 0.6 is 0 Å². The Balaban J connectivity index is 2.54. The highest BCUT2D eigenvalue weighted by Crippen LogP contribution is 2.30. The third-order valence-corrected chi connectivity index (χ3v) is 3.35. The van der Waals surface area contributed by atoms with Crippen molar-refractivity contribution in [2.75, 3.05) is 0 Å². The van der Waals surface area contributed by atoms with Gasteiger partial charge >= 0.3 is 5.97 Å². The smallest absolute Gasteiger partial charge is 0.310 e. The molecule has 0 radical (unpaired) electrons. The van der Waals surface area contributed by atoms with Crippen LogP contribution in [-0.2, 0) is 16.1 Å². The van der Waals surface area contributed by atoms with Gasteiger partial charge in [-0.2, -0.15) is 5.10 Å². The van der Waals surface area contributed by atoms with E-state index in [2.05, 4.69) is 15.5 Å². The Bertz CT molecular complexity index is 397. The van der Waals surface area contributed by atoms with E-state index in [-0.39, 0.29) is 12.3 Å². The second-order valence-electron chi connectivity index (χ2n) is 4.35. The standard InChI is InChI=1S/C12H19N3O3/c1-3-12(4-2,11(17)18)5-10(16)13-6-9-7-14-15-8-9/h7-8H,3-6H2,1-2H3,(H,13,16)(H,14,15)(H,17,18). The molecular formula is C12H19N3O3. The van der Waals surface area contributed by atoms with Gasteiger partial charge in [0.15, 0.2) is 0 Å². The molecule has 0 unspecified atom stereocenters. The molecule has 18 heavy (non-hydrogen) atoms. The summed E-state index contributed by atoms with van der Waals surface area (Å²) in [4.78, 5) is 23.0. The van der Waals surface area contributed by atoms with Crippen molar-refractivity contribution in [1.82, 2.24) is 15.5 Å². The zero-order valence-corrected chi connectivity index (χ0v) is 10.7. The highest BCUT2D eigenvalue weighted by molar-refractivity contribution is 5.84. The van der Waals surface area contributed by atoms with Crippen molar-refractivity contribution >= 4 is 11.9 Å². The molecule has 0 aliphatic heterocycles. The van der Waals surface area contributed by atoms with E-state index in [0.29, 0.717) is 19.4 Å². The number of carboxylic acids is 1. The number of nitrogens with zero attached hydrogens (tertiary/aromatic N) is 1. The monoisotopic (exact) mass is 253 g/mol. The Morgan fingerprint density at radius 3 is 2.56 bits per heavy atom. The summed E-state index contributed by atoms with van der Waals surface area (Å²) in [6.07, 6.45) is 4.19. The molecule has 0 atom stereocenters. The van der Waals surface area contributed by atoms with Gasteiger partial charge in [-0.05, 0) is 12.8 Å². The summed E-state index contributed by atoms with van der Waals surface area (Å²) < 4.78 is 0. The van der Waals surface area contributed by atoms with Gasteiger partial charge in [0.2, 0.25) is 5.91 Å². The topological polar surface area (TPSA) is 95.1 Å². The van der Waals surface area contributed by atoms with Gasteiger partial charge in [0.25, 0.3) is 0 Å². The maximum absolute atomic E-state index is 11.8. The largest absolute Gasteiger partial charge is 0.481 e. The van der Waals surface area contributed by atoms with E-state index in [4.69, 9.17) is 0 Å². The van der Waals surface area contributed by atoms with Crippen LogP contribution in [0.1, 0.15) is 38.7 Å². The van der Waals surface area contributed by atoms with Crippen molar-refractivity contribution in [3.8, 4) is 0 Å². The van der Waals surface area contributed by atoms with Crippen molar-refractivity contribution in [2.45, 2.75) is 39.7 Å². The second kappa shape index (κ2) is 6.18. The first kappa shape index (κ1) is 14.2. The van der Waals surface area contributed by atoms with Crippen LogP contribution in [0.5, 0.6) is 0 Å². The van der Waals surface area contributed by atoms with Crippen LogP contribution in [0, 0.1) is 5.41 Å². The van der Waals surface area contributed by atoms with Crippen LogP contribution in [0.15, 0.2) is 12.4 Å². The molecule has 0 aliphatic rings. The lowest BCUT2D eigenvalue weighted by Gasteiger charge is -2.25. The molecule has 1 aromatic rings. The Morgan fingerprint density at radius 1 is 1.44 bits per heavy atom. The first-order valence-corrected chi connectivity index (χ1v) is 6.02. The summed E-state index contributed by atoms with van der Waals surface area (Å²) in [7, 11) is 0. The number of aromatic nitrogens is 2. The van der Waals surface area contributed by atoms with Crippen molar-refractivity contribution in [1.29, 1.82) is 0 Å². The summed E-state index contributed by atoms with van der Waals surface area (Å²) in [5.41, 5.74) is -0.0993.